The maximum Gasteiger partial charge on any atom is 0.283 e. The Balaban J connectivity index is 1.92. The molecule has 0 spiro atoms. The second kappa shape index (κ2) is 5.14. The molecule has 19 heavy (non-hydrogen) atoms. The zero-order valence-electron chi connectivity index (χ0n) is 10.2. The van der Waals surface area contributed by atoms with Crippen LogP contribution in [0.4, 0.5) is 0 Å². The van der Waals surface area contributed by atoms with Crippen LogP contribution in [0.3, 0.4) is 0 Å². The first kappa shape index (κ1) is 12.4. The predicted molar refractivity (Wildman–Crippen MR) is 69.9 cm³/mol. The number of nitrogens with zero attached hydrogens (tertiary/aromatic N) is 3. The Hall–Kier alpha value is -1.66. The van der Waals surface area contributed by atoms with E-state index in [0.717, 1.165) is 31.4 Å². The first-order chi connectivity index (χ1) is 9.25. The number of halogens is 1. The highest BCUT2D eigenvalue weighted by Crippen LogP contribution is 2.27. The largest absolute Gasteiger partial charge is 0.357 e. The molecule has 0 radical (unpaired) electrons. The summed E-state index contributed by atoms with van der Waals surface area (Å²) in [4.78, 5) is 11.4. The fourth-order valence-corrected chi connectivity index (χ4v) is 2.35. The molecular weight excluding hydrogens is 268 g/mol. The van der Waals surface area contributed by atoms with Crippen LogP contribution in [-0.4, -0.2) is 26.6 Å². The van der Waals surface area contributed by atoms with Gasteiger partial charge in [-0.1, -0.05) is 11.6 Å². The van der Waals surface area contributed by atoms with Gasteiger partial charge in [-0.3, -0.25) is 4.79 Å². The van der Waals surface area contributed by atoms with E-state index in [0.29, 0.717) is 5.56 Å². The number of hydrogen-bond acceptors (Lipinski definition) is 4. The smallest absolute Gasteiger partial charge is 0.283 e. The molecule has 1 fully saturated rings. The number of aromatic nitrogens is 4. The molecule has 2 aromatic rings. The number of H-pyrrole nitrogens is 1. The standard InChI is InChI=1S/C12H13ClN4O2/c13-11-9(6-14-16-12(11)18)8-5-15-17(7-8)10-3-1-2-4-19-10/h5-7,10H,1-4H2,(H,16,18). The Kier molecular flexibility index (Phi) is 3.35. The van der Waals surface area contributed by atoms with Gasteiger partial charge >= 0.3 is 0 Å². The molecule has 0 amide bonds. The average molecular weight is 281 g/mol. The van der Waals surface area contributed by atoms with E-state index in [1.165, 1.54) is 6.20 Å². The Morgan fingerprint density at radius 2 is 2.32 bits per heavy atom. The molecule has 0 saturated carbocycles. The highest BCUT2D eigenvalue weighted by Gasteiger charge is 2.17. The van der Waals surface area contributed by atoms with Crippen molar-refractivity contribution in [3.05, 3.63) is 34.0 Å². The second-order valence-electron chi connectivity index (χ2n) is 4.46. The minimum atomic E-state index is -0.402. The third-order valence-electron chi connectivity index (χ3n) is 3.16. The Morgan fingerprint density at radius 1 is 1.42 bits per heavy atom. The summed E-state index contributed by atoms with van der Waals surface area (Å²) in [5.74, 6) is 0. The van der Waals surface area contributed by atoms with Gasteiger partial charge in [-0.2, -0.15) is 10.2 Å². The normalized spacial score (nSPS) is 19.5. The van der Waals surface area contributed by atoms with Crippen molar-refractivity contribution >= 4 is 11.6 Å². The van der Waals surface area contributed by atoms with E-state index in [9.17, 15) is 4.79 Å². The fraction of sp³-hybridized carbons (Fsp3) is 0.417. The number of ether oxygens (including phenoxy) is 1. The van der Waals surface area contributed by atoms with Crippen molar-refractivity contribution in [3.8, 4) is 11.1 Å². The van der Waals surface area contributed by atoms with Crippen molar-refractivity contribution in [2.75, 3.05) is 6.61 Å². The lowest BCUT2D eigenvalue weighted by Crippen LogP contribution is -2.18. The molecule has 1 saturated heterocycles. The SMILES string of the molecule is O=c1[nH]ncc(-c2cnn(C3CCCCO3)c2)c1Cl. The van der Waals surface area contributed by atoms with E-state index in [1.807, 2.05) is 6.20 Å². The zero-order chi connectivity index (χ0) is 13.2. The molecule has 7 heteroatoms. The van der Waals surface area contributed by atoms with Gasteiger partial charge in [0.1, 0.15) is 11.3 Å². The van der Waals surface area contributed by atoms with Crippen LogP contribution in [0.1, 0.15) is 25.5 Å². The van der Waals surface area contributed by atoms with Gasteiger partial charge in [0.05, 0.1) is 12.4 Å². The van der Waals surface area contributed by atoms with Crippen LogP contribution in [0.25, 0.3) is 11.1 Å². The number of hydrogen-bond donors (Lipinski definition) is 1. The van der Waals surface area contributed by atoms with E-state index in [1.54, 1.807) is 10.9 Å². The van der Waals surface area contributed by atoms with Crippen molar-refractivity contribution in [2.24, 2.45) is 0 Å². The Morgan fingerprint density at radius 3 is 3.11 bits per heavy atom. The van der Waals surface area contributed by atoms with Crippen LogP contribution in [0.2, 0.25) is 5.02 Å². The van der Waals surface area contributed by atoms with Crippen LogP contribution in [0.15, 0.2) is 23.4 Å². The third-order valence-corrected chi connectivity index (χ3v) is 3.53. The van der Waals surface area contributed by atoms with Crippen LogP contribution < -0.4 is 5.56 Å². The minimum Gasteiger partial charge on any atom is -0.357 e. The number of aromatic amines is 1. The average Bonchev–Trinajstić information content (AvgIpc) is 2.92. The van der Waals surface area contributed by atoms with Crippen LogP contribution in [0.5, 0.6) is 0 Å². The van der Waals surface area contributed by atoms with Crippen molar-refractivity contribution < 1.29 is 4.74 Å². The van der Waals surface area contributed by atoms with Gasteiger partial charge in [-0.25, -0.2) is 9.78 Å². The summed E-state index contributed by atoms with van der Waals surface area (Å²) in [7, 11) is 0. The molecule has 3 heterocycles. The summed E-state index contributed by atoms with van der Waals surface area (Å²) in [6.45, 7) is 0.757. The van der Waals surface area contributed by atoms with Gasteiger partial charge < -0.3 is 4.74 Å². The van der Waals surface area contributed by atoms with Gasteiger partial charge in [-0.05, 0) is 19.3 Å². The Bertz CT molecular complexity index is 631. The van der Waals surface area contributed by atoms with Gasteiger partial charge in [0.15, 0.2) is 0 Å². The van der Waals surface area contributed by atoms with E-state index in [-0.39, 0.29) is 11.3 Å². The first-order valence-corrected chi connectivity index (χ1v) is 6.53. The minimum absolute atomic E-state index is 0.0313. The highest BCUT2D eigenvalue weighted by molar-refractivity contribution is 6.33. The van der Waals surface area contributed by atoms with Gasteiger partial charge in [0, 0.05) is 23.9 Å². The van der Waals surface area contributed by atoms with E-state index in [4.69, 9.17) is 16.3 Å². The quantitative estimate of drug-likeness (QED) is 0.913. The Labute approximate surface area is 114 Å². The molecule has 1 aliphatic heterocycles. The molecule has 6 nitrogen and oxygen atoms in total. The monoisotopic (exact) mass is 280 g/mol. The molecule has 0 bridgehead atoms. The van der Waals surface area contributed by atoms with Gasteiger partial charge in [0.25, 0.3) is 5.56 Å². The lowest BCUT2D eigenvalue weighted by atomic mass is 10.2. The molecule has 1 unspecified atom stereocenters. The molecule has 0 aliphatic carbocycles. The fourth-order valence-electron chi connectivity index (χ4n) is 2.15. The molecule has 1 N–H and O–H groups in total. The molecule has 1 aliphatic rings. The molecule has 0 aromatic carbocycles. The number of nitrogens with one attached hydrogen (secondary N) is 1. The van der Waals surface area contributed by atoms with Crippen LogP contribution in [0, 0.1) is 0 Å². The summed E-state index contributed by atoms with van der Waals surface area (Å²) in [6.07, 6.45) is 8.16. The maximum atomic E-state index is 11.4. The third kappa shape index (κ3) is 2.41. The van der Waals surface area contributed by atoms with E-state index in [2.05, 4.69) is 15.3 Å². The molecule has 2 aromatic heterocycles. The van der Waals surface area contributed by atoms with Crippen molar-refractivity contribution in [3.63, 3.8) is 0 Å². The van der Waals surface area contributed by atoms with Crippen LogP contribution in [-0.2, 0) is 4.74 Å². The van der Waals surface area contributed by atoms with E-state index >= 15 is 0 Å². The topological polar surface area (TPSA) is 72.8 Å². The first-order valence-electron chi connectivity index (χ1n) is 6.15. The number of rotatable bonds is 2. The molecule has 1 atom stereocenters. The predicted octanol–water partition coefficient (Wildman–Crippen LogP) is 1.99. The van der Waals surface area contributed by atoms with Crippen LogP contribution >= 0.6 is 11.6 Å². The van der Waals surface area contributed by atoms with Gasteiger partial charge in [-0.15, -0.1) is 0 Å². The lowest BCUT2D eigenvalue weighted by Gasteiger charge is -2.22. The van der Waals surface area contributed by atoms with Crippen molar-refractivity contribution in [1.29, 1.82) is 0 Å². The van der Waals surface area contributed by atoms with E-state index < -0.39 is 5.56 Å². The lowest BCUT2D eigenvalue weighted by molar-refractivity contribution is -0.0394. The molecule has 100 valence electrons. The van der Waals surface area contributed by atoms with Crippen molar-refractivity contribution in [2.45, 2.75) is 25.5 Å². The molecular formula is C12H13ClN4O2. The second-order valence-corrected chi connectivity index (χ2v) is 4.83. The highest BCUT2D eigenvalue weighted by atomic mass is 35.5. The van der Waals surface area contributed by atoms with Crippen molar-refractivity contribution in [1.82, 2.24) is 20.0 Å². The summed E-state index contributed by atoms with van der Waals surface area (Å²) >= 11 is 5.97. The summed E-state index contributed by atoms with van der Waals surface area (Å²) in [5, 5.41) is 10.4. The summed E-state index contributed by atoms with van der Waals surface area (Å²) in [5.41, 5.74) is 0.936. The summed E-state index contributed by atoms with van der Waals surface area (Å²) < 4.78 is 7.42. The zero-order valence-corrected chi connectivity index (χ0v) is 10.9. The maximum absolute atomic E-state index is 11.4. The summed E-state index contributed by atoms with van der Waals surface area (Å²) in [6, 6.07) is 0. The molecule has 3 rings (SSSR count). The van der Waals surface area contributed by atoms with Gasteiger partial charge in [0.2, 0.25) is 0 Å².